The van der Waals surface area contributed by atoms with Crippen molar-refractivity contribution in [3.05, 3.63) is 35.4 Å². The molecule has 1 aromatic carbocycles. The minimum absolute atomic E-state index is 0.00444. The first kappa shape index (κ1) is 10.6. The Kier molecular flexibility index (Phi) is 3.00. The van der Waals surface area contributed by atoms with Crippen LogP contribution in [0.2, 0.25) is 0 Å². The number of hydrogen-bond donors (Lipinski definition) is 0. The molecule has 1 aliphatic rings. The zero-order chi connectivity index (χ0) is 10.8. The predicted octanol–water partition coefficient (Wildman–Crippen LogP) is 2.54. The van der Waals surface area contributed by atoms with Gasteiger partial charge in [0.2, 0.25) is 0 Å². The number of carbonyl (C=O) groups is 1. The van der Waals surface area contributed by atoms with Crippen LogP contribution >= 0.6 is 11.8 Å². The van der Waals surface area contributed by atoms with E-state index in [4.69, 9.17) is 4.74 Å². The lowest BCUT2D eigenvalue weighted by molar-refractivity contribution is -0.141. The molecular formula is C12H14O2S. The Hall–Kier alpha value is -0.960. The lowest BCUT2D eigenvalue weighted by Gasteiger charge is -2.08. The van der Waals surface area contributed by atoms with E-state index in [1.807, 2.05) is 6.92 Å². The van der Waals surface area contributed by atoms with Crippen molar-refractivity contribution in [3.63, 3.8) is 0 Å². The molecule has 1 aromatic rings. The van der Waals surface area contributed by atoms with Gasteiger partial charge in [-0.3, -0.25) is 4.79 Å². The topological polar surface area (TPSA) is 26.3 Å². The minimum Gasteiger partial charge on any atom is -0.450 e. The van der Waals surface area contributed by atoms with Gasteiger partial charge in [-0.1, -0.05) is 29.8 Å². The Morgan fingerprint density at radius 3 is 2.53 bits per heavy atom. The van der Waals surface area contributed by atoms with Gasteiger partial charge in [0.05, 0.1) is 0 Å². The van der Waals surface area contributed by atoms with E-state index >= 15 is 0 Å². The van der Waals surface area contributed by atoms with Crippen LogP contribution in [-0.2, 0) is 16.0 Å². The molecule has 3 heteroatoms. The van der Waals surface area contributed by atoms with Gasteiger partial charge >= 0.3 is 5.97 Å². The van der Waals surface area contributed by atoms with Crippen molar-refractivity contribution in [1.82, 2.24) is 0 Å². The number of aryl methyl sites for hydroxylation is 1. The minimum atomic E-state index is -0.0860. The van der Waals surface area contributed by atoms with Crippen LogP contribution in [0, 0.1) is 6.92 Å². The first-order valence-corrected chi connectivity index (χ1v) is 6.01. The van der Waals surface area contributed by atoms with Gasteiger partial charge < -0.3 is 4.74 Å². The molecule has 0 spiro atoms. The average molecular weight is 222 g/mol. The summed E-state index contributed by atoms with van der Waals surface area (Å²) >= 11 is 1.60. The maximum atomic E-state index is 11.2. The van der Waals surface area contributed by atoms with E-state index in [-0.39, 0.29) is 16.7 Å². The van der Waals surface area contributed by atoms with Crippen LogP contribution in [0.25, 0.3) is 0 Å². The second-order valence-electron chi connectivity index (χ2n) is 3.83. The molecule has 0 amide bonds. The van der Waals surface area contributed by atoms with Gasteiger partial charge in [0.15, 0.2) is 5.44 Å². The second kappa shape index (κ2) is 4.27. The third-order valence-electron chi connectivity index (χ3n) is 2.46. The molecule has 2 unspecified atom stereocenters. The number of benzene rings is 1. The fourth-order valence-corrected chi connectivity index (χ4v) is 2.60. The van der Waals surface area contributed by atoms with Crippen LogP contribution in [0.3, 0.4) is 0 Å². The van der Waals surface area contributed by atoms with Crippen molar-refractivity contribution >= 4 is 17.7 Å². The number of esters is 1. The fraction of sp³-hybridized carbons (Fsp3) is 0.417. The van der Waals surface area contributed by atoms with Crippen molar-refractivity contribution in [3.8, 4) is 0 Å². The van der Waals surface area contributed by atoms with Gasteiger partial charge in [0, 0.05) is 6.42 Å². The lowest BCUT2D eigenvalue weighted by atomic mass is 10.1. The summed E-state index contributed by atoms with van der Waals surface area (Å²) in [5.74, 6) is -0.0860. The van der Waals surface area contributed by atoms with Gasteiger partial charge in [-0.2, -0.15) is 0 Å². The number of cyclic esters (lactones) is 1. The van der Waals surface area contributed by atoms with E-state index in [1.54, 1.807) is 11.8 Å². The maximum absolute atomic E-state index is 11.2. The van der Waals surface area contributed by atoms with Gasteiger partial charge in [-0.25, -0.2) is 0 Å². The molecule has 80 valence electrons. The van der Waals surface area contributed by atoms with E-state index in [9.17, 15) is 4.79 Å². The molecule has 15 heavy (non-hydrogen) atoms. The smallest absolute Gasteiger partial charge is 0.320 e. The van der Waals surface area contributed by atoms with E-state index in [0.717, 1.165) is 6.42 Å². The summed E-state index contributed by atoms with van der Waals surface area (Å²) in [6.07, 6.45) is 0.807. The van der Waals surface area contributed by atoms with E-state index in [1.165, 1.54) is 11.1 Å². The molecule has 0 aromatic heterocycles. The van der Waals surface area contributed by atoms with Crippen molar-refractivity contribution in [2.45, 2.75) is 31.0 Å². The molecule has 0 N–H and O–H groups in total. The quantitative estimate of drug-likeness (QED) is 0.719. The van der Waals surface area contributed by atoms with E-state index in [2.05, 4.69) is 31.2 Å². The highest BCUT2D eigenvalue weighted by atomic mass is 32.2. The normalized spacial score (nSPS) is 25.3. The lowest BCUT2D eigenvalue weighted by Crippen LogP contribution is -2.09. The van der Waals surface area contributed by atoms with E-state index in [0.29, 0.717) is 0 Å². The zero-order valence-corrected chi connectivity index (χ0v) is 9.71. The zero-order valence-electron chi connectivity index (χ0n) is 8.90. The molecule has 1 fully saturated rings. The summed E-state index contributed by atoms with van der Waals surface area (Å²) in [4.78, 5) is 11.2. The Bertz CT molecular complexity index is 358. The van der Waals surface area contributed by atoms with Crippen LogP contribution in [0.1, 0.15) is 18.1 Å². The highest BCUT2D eigenvalue weighted by molar-refractivity contribution is 8.01. The molecule has 0 radical (unpaired) electrons. The van der Waals surface area contributed by atoms with Crippen LogP contribution in [0.5, 0.6) is 0 Å². The molecule has 1 saturated heterocycles. The van der Waals surface area contributed by atoms with Gasteiger partial charge in [-0.05, 0) is 19.4 Å². The number of hydrogen-bond acceptors (Lipinski definition) is 3. The van der Waals surface area contributed by atoms with Crippen LogP contribution in [-0.4, -0.2) is 16.7 Å². The van der Waals surface area contributed by atoms with Crippen molar-refractivity contribution in [2.24, 2.45) is 0 Å². The Labute approximate surface area is 94.0 Å². The van der Waals surface area contributed by atoms with Crippen molar-refractivity contribution < 1.29 is 9.53 Å². The van der Waals surface area contributed by atoms with Crippen LogP contribution in [0.15, 0.2) is 24.3 Å². The van der Waals surface area contributed by atoms with Crippen molar-refractivity contribution in [1.29, 1.82) is 0 Å². The Morgan fingerprint density at radius 1 is 1.33 bits per heavy atom. The standard InChI is InChI=1S/C12H14O2S/c1-8-3-5-10(6-4-8)7-11-14-12(13)9(2)15-11/h3-6,9,11H,7H2,1-2H3. The first-order chi connectivity index (χ1) is 7.15. The van der Waals surface area contributed by atoms with Crippen molar-refractivity contribution in [2.75, 3.05) is 0 Å². The molecular weight excluding hydrogens is 208 g/mol. The number of rotatable bonds is 2. The SMILES string of the molecule is Cc1ccc(CC2OC(=O)C(C)S2)cc1. The monoisotopic (exact) mass is 222 g/mol. The molecule has 2 atom stereocenters. The Balaban J connectivity index is 1.98. The summed E-state index contributed by atoms with van der Waals surface area (Å²) in [6.45, 7) is 3.96. The molecule has 1 aliphatic heterocycles. The summed E-state index contributed by atoms with van der Waals surface area (Å²) in [6, 6.07) is 8.35. The Morgan fingerprint density at radius 2 is 2.00 bits per heavy atom. The number of thioether (sulfide) groups is 1. The van der Waals surface area contributed by atoms with Gasteiger partial charge in [0.25, 0.3) is 0 Å². The van der Waals surface area contributed by atoms with Crippen LogP contribution < -0.4 is 0 Å². The summed E-state index contributed by atoms with van der Waals surface area (Å²) in [5, 5.41) is -0.0135. The largest absolute Gasteiger partial charge is 0.450 e. The molecule has 1 heterocycles. The predicted molar refractivity (Wildman–Crippen MR) is 61.8 cm³/mol. The van der Waals surface area contributed by atoms with Gasteiger partial charge in [-0.15, -0.1) is 11.8 Å². The highest BCUT2D eigenvalue weighted by Gasteiger charge is 2.31. The van der Waals surface area contributed by atoms with Crippen LogP contribution in [0.4, 0.5) is 0 Å². The number of carbonyl (C=O) groups excluding carboxylic acids is 1. The number of ether oxygens (including phenoxy) is 1. The molecule has 2 nitrogen and oxygen atoms in total. The highest BCUT2D eigenvalue weighted by Crippen LogP contribution is 2.30. The third-order valence-corrected chi connectivity index (χ3v) is 3.63. The molecule has 0 bridgehead atoms. The summed E-state index contributed by atoms with van der Waals surface area (Å²) in [5.41, 5.74) is 2.47. The molecule has 2 rings (SSSR count). The first-order valence-electron chi connectivity index (χ1n) is 5.06. The third kappa shape index (κ3) is 2.53. The maximum Gasteiger partial charge on any atom is 0.320 e. The molecule has 0 saturated carbocycles. The summed E-state index contributed by atoms with van der Waals surface area (Å²) in [7, 11) is 0. The summed E-state index contributed by atoms with van der Waals surface area (Å²) < 4.78 is 5.23. The second-order valence-corrected chi connectivity index (χ2v) is 5.34. The molecule has 0 aliphatic carbocycles. The van der Waals surface area contributed by atoms with E-state index < -0.39 is 0 Å². The average Bonchev–Trinajstić information content (AvgIpc) is 2.50. The fourth-order valence-electron chi connectivity index (χ4n) is 1.54. The van der Waals surface area contributed by atoms with Gasteiger partial charge in [0.1, 0.15) is 5.25 Å².